The number of imidazole rings is 1. The monoisotopic (exact) mass is 528 g/mol. The van der Waals surface area contributed by atoms with Gasteiger partial charge in [-0.05, 0) is 18.2 Å². The lowest BCUT2D eigenvalue weighted by molar-refractivity contribution is -0.240. The van der Waals surface area contributed by atoms with Gasteiger partial charge in [0.05, 0.1) is 59.6 Å². The number of ether oxygens (including phenoxy) is 1. The van der Waals surface area contributed by atoms with E-state index in [4.69, 9.17) is 10.5 Å². The molecule has 2 N–H and O–H groups in total. The van der Waals surface area contributed by atoms with Crippen molar-refractivity contribution in [3.63, 3.8) is 0 Å². The van der Waals surface area contributed by atoms with Crippen LogP contribution >= 0.6 is 0 Å². The van der Waals surface area contributed by atoms with Crippen LogP contribution in [0.5, 0.6) is 0 Å². The Hall–Kier alpha value is -4.01. The van der Waals surface area contributed by atoms with Gasteiger partial charge in [-0.3, -0.25) is 14.2 Å². The molecule has 0 bridgehead atoms. The van der Waals surface area contributed by atoms with E-state index >= 15 is 4.39 Å². The first-order chi connectivity index (χ1) is 17.3. The topological polar surface area (TPSA) is 98.6 Å². The average Bonchev–Trinajstić information content (AvgIpc) is 3.33. The number of amides is 1. The molecule has 2 atom stereocenters. The fourth-order valence-electron chi connectivity index (χ4n) is 4.11. The molecule has 2 unspecified atom stereocenters. The molecule has 194 valence electrons. The van der Waals surface area contributed by atoms with E-state index < -0.39 is 60.5 Å². The first-order valence-electron chi connectivity index (χ1n) is 10.6. The Labute approximate surface area is 202 Å². The molecule has 5 rings (SSSR count). The predicted molar refractivity (Wildman–Crippen MR) is 114 cm³/mol. The van der Waals surface area contributed by atoms with Gasteiger partial charge < -0.3 is 15.4 Å². The van der Waals surface area contributed by atoms with Crippen LogP contribution in [0.2, 0.25) is 0 Å². The summed E-state index contributed by atoms with van der Waals surface area (Å²) in [5.74, 6) is -2.19. The molecule has 4 aromatic rings. The van der Waals surface area contributed by atoms with Gasteiger partial charge in [-0.2, -0.15) is 26.3 Å². The van der Waals surface area contributed by atoms with Gasteiger partial charge in [-0.1, -0.05) is 0 Å². The molecule has 37 heavy (non-hydrogen) atoms. The van der Waals surface area contributed by atoms with Crippen molar-refractivity contribution in [1.82, 2.24) is 24.3 Å². The number of nitrogens with zero attached hydrogens (tertiary/aromatic N) is 5. The third-order valence-corrected chi connectivity index (χ3v) is 5.97. The number of hydrogen-bond acceptors (Lipinski definition) is 6. The molecule has 4 heterocycles. The average molecular weight is 528 g/mol. The van der Waals surface area contributed by atoms with Gasteiger partial charge in [0.1, 0.15) is 17.2 Å². The number of morpholine rings is 1. The number of halogens is 7. The number of hydrogen-bond donors (Lipinski definition) is 1. The first-order valence-corrected chi connectivity index (χ1v) is 10.6. The number of fused-ring (bicyclic) bond motifs is 3. The number of anilines is 1. The van der Waals surface area contributed by atoms with E-state index in [9.17, 15) is 31.1 Å². The second kappa shape index (κ2) is 8.54. The predicted octanol–water partition coefficient (Wildman–Crippen LogP) is 4.16. The van der Waals surface area contributed by atoms with Crippen LogP contribution in [-0.4, -0.2) is 55.6 Å². The van der Waals surface area contributed by atoms with Crippen LogP contribution in [0.1, 0.15) is 27.7 Å². The number of pyridine rings is 1. The van der Waals surface area contributed by atoms with Gasteiger partial charge in [-0.25, -0.2) is 14.4 Å². The molecule has 0 radical (unpaired) electrons. The summed E-state index contributed by atoms with van der Waals surface area (Å²) in [5, 5.41) is 0. The van der Waals surface area contributed by atoms with Crippen LogP contribution in [0.3, 0.4) is 0 Å². The number of rotatable bonds is 2. The Morgan fingerprint density at radius 3 is 2.49 bits per heavy atom. The van der Waals surface area contributed by atoms with Gasteiger partial charge in [0.2, 0.25) is 0 Å². The van der Waals surface area contributed by atoms with Crippen LogP contribution < -0.4 is 5.73 Å². The summed E-state index contributed by atoms with van der Waals surface area (Å²) in [6.45, 7) is -1.76. The van der Waals surface area contributed by atoms with Crippen LogP contribution in [0.4, 0.5) is 36.6 Å². The summed E-state index contributed by atoms with van der Waals surface area (Å²) in [6.07, 6.45) is -8.73. The highest BCUT2D eigenvalue weighted by molar-refractivity contribution is 5.98. The zero-order chi connectivity index (χ0) is 26.7. The number of aromatic nitrogens is 4. The molecule has 0 saturated carbocycles. The number of nitrogens with two attached hydrogens (primary N) is 1. The van der Waals surface area contributed by atoms with Crippen LogP contribution in [0, 0.1) is 5.82 Å². The maximum atomic E-state index is 15.1. The molecular formula is C22H15F7N6O2. The van der Waals surface area contributed by atoms with Crippen LogP contribution in [0.25, 0.3) is 16.6 Å². The molecule has 8 nitrogen and oxygen atoms in total. The molecule has 15 heteroatoms. The molecule has 1 saturated heterocycles. The van der Waals surface area contributed by atoms with Gasteiger partial charge in [-0.15, -0.1) is 0 Å². The Morgan fingerprint density at radius 2 is 1.84 bits per heavy atom. The van der Waals surface area contributed by atoms with Crippen molar-refractivity contribution in [2.75, 3.05) is 18.9 Å². The maximum Gasteiger partial charge on any atom is 0.417 e. The second-order valence-electron chi connectivity index (χ2n) is 8.27. The second-order valence-corrected chi connectivity index (χ2v) is 8.27. The number of alkyl halides is 6. The number of benzene rings is 1. The molecular weight excluding hydrogens is 513 g/mol. The number of carbonyl (C=O) groups is 1. The van der Waals surface area contributed by atoms with Gasteiger partial charge in [0.15, 0.2) is 6.10 Å². The van der Waals surface area contributed by atoms with E-state index in [1.54, 1.807) is 0 Å². The van der Waals surface area contributed by atoms with Crippen molar-refractivity contribution in [1.29, 1.82) is 0 Å². The van der Waals surface area contributed by atoms with E-state index in [2.05, 4.69) is 15.0 Å². The van der Waals surface area contributed by atoms with E-state index in [-0.39, 0.29) is 22.5 Å². The molecule has 3 aromatic heterocycles. The molecule has 0 aliphatic carbocycles. The maximum absolute atomic E-state index is 15.1. The van der Waals surface area contributed by atoms with Gasteiger partial charge in [0.25, 0.3) is 5.91 Å². The largest absolute Gasteiger partial charge is 0.417 e. The normalized spacial score (nSPS) is 19.1. The van der Waals surface area contributed by atoms with Crippen molar-refractivity contribution >= 4 is 28.3 Å². The highest BCUT2D eigenvalue weighted by Gasteiger charge is 2.48. The lowest BCUT2D eigenvalue weighted by atomic mass is 10.0. The zero-order valence-corrected chi connectivity index (χ0v) is 18.4. The van der Waals surface area contributed by atoms with Crippen molar-refractivity contribution in [3.05, 3.63) is 65.6 Å². The van der Waals surface area contributed by atoms with E-state index in [1.165, 1.54) is 16.9 Å². The van der Waals surface area contributed by atoms with Gasteiger partial charge in [0, 0.05) is 12.3 Å². The third kappa shape index (κ3) is 4.39. The minimum absolute atomic E-state index is 0.0399. The molecule has 1 aromatic carbocycles. The Bertz CT molecular complexity index is 1500. The van der Waals surface area contributed by atoms with E-state index in [1.807, 2.05) is 0 Å². The summed E-state index contributed by atoms with van der Waals surface area (Å²) in [4.78, 5) is 25.9. The van der Waals surface area contributed by atoms with Gasteiger partial charge >= 0.3 is 12.4 Å². The fraction of sp³-hybridized carbons (Fsp3) is 0.273. The fourth-order valence-corrected chi connectivity index (χ4v) is 4.11. The molecule has 1 fully saturated rings. The Kier molecular flexibility index (Phi) is 5.69. The summed E-state index contributed by atoms with van der Waals surface area (Å²) in [6, 6.07) is 2.31. The van der Waals surface area contributed by atoms with Crippen LogP contribution in [0.15, 0.2) is 43.0 Å². The third-order valence-electron chi connectivity index (χ3n) is 5.97. The summed E-state index contributed by atoms with van der Waals surface area (Å²) in [7, 11) is 0. The summed E-state index contributed by atoms with van der Waals surface area (Å²) in [5.41, 5.74) is 4.63. The standard InChI is InChI=1S/C22H15F7N6O2/c23-12-4-14-15(35-9-31-6-16(35)19(30)33-14)3-11(12)20(36)34-7-18(22(27,28)29)37-8-17(34)13-2-1-10(5-32-13)21(24,25)26/h1-6,9,17-18H,7-8H2,(H2,30,33). The SMILES string of the molecule is Nc1nc2cc(F)c(C(=O)N3CC(C(F)(F)F)OCC3c3ccc(C(F)(F)F)cn3)cc2n2cncc12. The minimum Gasteiger partial charge on any atom is -0.382 e. The van der Waals surface area contributed by atoms with Crippen molar-refractivity contribution in [3.8, 4) is 0 Å². The molecule has 1 amide bonds. The minimum atomic E-state index is -4.86. The molecule has 1 aliphatic heterocycles. The lowest BCUT2D eigenvalue weighted by Gasteiger charge is -2.40. The number of nitrogen functional groups attached to an aromatic ring is 1. The Morgan fingerprint density at radius 1 is 1.08 bits per heavy atom. The highest BCUT2D eigenvalue weighted by atomic mass is 19.4. The summed E-state index contributed by atoms with van der Waals surface area (Å²) >= 11 is 0. The molecule has 1 aliphatic rings. The van der Waals surface area contributed by atoms with E-state index in [0.29, 0.717) is 22.7 Å². The smallest absolute Gasteiger partial charge is 0.382 e. The van der Waals surface area contributed by atoms with E-state index in [0.717, 1.165) is 18.2 Å². The van der Waals surface area contributed by atoms with Crippen LogP contribution in [-0.2, 0) is 10.9 Å². The quantitative estimate of drug-likeness (QED) is 0.393. The zero-order valence-electron chi connectivity index (χ0n) is 18.4. The van der Waals surface area contributed by atoms with Crippen molar-refractivity contribution in [2.24, 2.45) is 0 Å². The highest BCUT2D eigenvalue weighted by Crippen LogP contribution is 2.35. The first kappa shape index (κ1) is 24.7. The molecule has 0 spiro atoms. The van der Waals surface area contributed by atoms with Crippen molar-refractivity contribution in [2.45, 2.75) is 24.5 Å². The Balaban J connectivity index is 1.58. The van der Waals surface area contributed by atoms with Crippen molar-refractivity contribution < 1.29 is 40.3 Å². The lowest BCUT2D eigenvalue weighted by Crippen LogP contribution is -2.52. The number of carbonyl (C=O) groups excluding carboxylic acids is 1. The summed E-state index contributed by atoms with van der Waals surface area (Å²) < 4.78 is 101.